The summed E-state index contributed by atoms with van der Waals surface area (Å²) in [6.45, 7) is 7.42. The minimum atomic E-state index is 0.506. The molecule has 0 aliphatic heterocycles. The van der Waals surface area contributed by atoms with Gasteiger partial charge in [-0.1, -0.05) is 51.3 Å². The number of hydrogen-bond acceptors (Lipinski definition) is 2. The smallest absolute Gasteiger partial charge is 0.0545 e. The van der Waals surface area contributed by atoms with Crippen LogP contribution in [0, 0.1) is 0 Å². The predicted molar refractivity (Wildman–Crippen MR) is 83.7 cm³/mol. The van der Waals surface area contributed by atoms with Gasteiger partial charge in [-0.05, 0) is 29.9 Å². The van der Waals surface area contributed by atoms with Crippen LogP contribution in [0.3, 0.4) is 0 Å². The zero-order valence-corrected chi connectivity index (χ0v) is 13.2. The van der Waals surface area contributed by atoms with Gasteiger partial charge in [0.2, 0.25) is 0 Å². The van der Waals surface area contributed by atoms with E-state index in [0.717, 1.165) is 17.3 Å². The van der Waals surface area contributed by atoms with Crippen molar-refractivity contribution in [2.24, 2.45) is 0 Å². The van der Waals surface area contributed by atoms with Crippen molar-refractivity contribution < 1.29 is 0 Å². The molecule has 0 heterocycles. The third-order valence-electron chi connectivity index (χ3n) is 2.72. The number of halogens is 1. The first-order chi connectivity index (χ1) is 8.63. The molecule has 1 aromatic carbocycles. The van der Waals surface area contributed by atoms with Crippen molar-refractivity contribution in [3.05, 3.63) is 28.8 Å². The van der Waals surface area contributed by atoms with E-state index in [0.29, 0.717) is 6.04 Å². The molecule has 0 aromatic heterocycles. The van der Waals surface area contributed by atoms with E-state index in [1.807, 2.05) is 11.8 Å². The van der Waals surface area contributed by atoms with Crippen LogP contribution in [0.4, 0.5) is 0 Å². The summed E-state index contributed by atoms with van der Waals surface area (Å²) in [6.07, 6.45) is 3.85. The Labute approximate surface area is 121 Å². The topological polar surface area (TPSA) is 12.0 Å². The van der Waals surface area contributed by atoms with E-state index in [2.05, 4.69) is 44.3 Å². The van der Waals surface area contributed by atoms with Gasteiger partial charge in [0.15, 0.2) is 0 Å². The molecule has 18 heavy (non-hydrogen) atoms. The molecule has 0 aliphatic rings. The molecule has 0 amide bonds. The van der Waals surface area contributed by atoms with Crippen LogP contribution in [-0.2, 0) is 6.54 Å². The Balaban J connectivity index is 2.46. The molecular weight excluding hydrogens is 262 g/mol. The van der Waals surface area contributed by atoms with E-state index in [1.165, 1.54) is 29.7 Å². The van der Waals surface area contributed by atoms with Crippen molar-refractivity contribution in [2.75, 3.05) is 5.75 Å². The third-order valence-corrected chi connectivity index (χ3v) is 4.30. The second-order valence-corrected chi connectivity index (χ2v) is 6.40. The van der Waals surface area contributed by atoms with Crippen molar-refractivity contribution in [3.8, 4) is 0 Å². The van der Waals surface area contributed by atoms with Crippen LogP contribution < -0.4 is 5.32 Å². The molecule has 0 atom stereocenters. The van der Waals surface area contributed by atoms with Crippen LogP contribution in [-0.4, -0.2) is 11.8 Å². The Bertz CT molecular complexity index is 352. The molecule has 1 aromatic rings. The van der Waals surface area contributed by atoms with Crippen molar-refractivity contribution in [2.45, 2.75) is 57.5 Å². The monoisotopic (exact) mass is 285 g/mol. The molecule has 1 rings (SSSR count). The summed E-state index contributed by atoms with van der Waals surface area (Å²) in [7, 11) is 0. The molecule has 102 valence electrons. The van der Waals surface area contributed by atoms with Gasteiger partial charge in [-0.3, -0.25) is 0 Å². The average molecular weight is 286 g/mol. The number of nitrogens with one attached hydrogen (secondary N) is 1. The lowest BCUT2D eigenvalue weighted by atomic mass is 10.2. The molecule has 0 unspecified atom stereocenters. The SMILES string of the molecule is CCCCCSc1ccc(CNC(C)C)cc1Cl. The van der Waals surface area contributed by atoms with Crippen LogP contribution in [0.2, 0.25) is 5.02 Å². The van der Waals surface area contributed by atoms with Gasteiger partial charge < -0.3 is 5.32 Å². The Morgan fingerprint density at radius 1 is 1.28 bits per heavy atom. The summed E-state index contributed by atoms with van der Waals surface area (Å²) in [5.41, 5.74) is 1.26. The van der Waals surface area contributed by atoms with Crippen LogP contribution >= 0.6 is 23.4 Å². The maximum absolute atomic E-state index is 6.31. The number of rotatable bonds is 8. The van der Waals surface area contributed by atoms with Crippen LogP contribution in [0.1, 0.15) is 45.6 Å². The first-order valence-electron chi connectivity index (χ1n) is 6.78. The molecular formula is C15H24ClNS. The Morgan fingerprint density at radius 3 is 2.67 bits per heavy atom. The normalized spacial score (nSPS) is 11.2. The molecule has 3 heteroatoms. The highest BCUT2D eigenvalue weighted by Crippen LogP contribution is 2.28. The van der Waals surface area contributed by atoms with Crippen LogP contribution in [0.15, 0.2) is 23.1 Å². The summed E-state index contributed by atoms with van der Waals surface area (Å²) >= 11 is 8.18. The number of hydrogen-bond donors (Lipinski definition) is 1. The fourth-order valence-electron chi connectivity index (χ4n) is 1.63. The lowest BCUT2D eigenvalue weighted by molar-refractivity contribution is 0.588. The molecule has 0 aliphatic carbocycles. The Morgan fingerprint density at radius 2 is 2.06 bits per heavy atom. The van der Waals surface area contributed by atoms with Gasteiger partial charge in [0.05, 0.1) is 5.02 Å². The fourth-order valence-corrected chi connectivity index (χ4v) is 2.92. The third kappa shape index (κ3) is 6.12. The Kier molecular flexibility index (Phi) is 7.80. The van der Waals surface area contributed by atoms with Gasteiger partial charge in [-0.2, -0.15) is 0 Å². The van der Waals surface area contributed by atoms with E-state index in [9.17, 15) is 0 Å². The maximum Gasteiger partial charge on any atom is 0.0545 e. The van der Waals surface area contributed by atoms with Gasteiger partial charge >= 0.3 is 0 Å². The standard InChI is InChI=1S/C15H24ClNS/c1-4-5-6-9-18-15-8-7-13(10-14(15)16)11-17-12(2)3/h7-8,10,12,17H,4-6,9,11H2,1-3H3. The van der Waals surface area contributed by atoms with Crippen molar-refractivity contribution >= 4 is 23.4 Å². The van der Waals surface area contributed by atoms with Gasteiger partial charge in [0.1, 0.15) is 0 Å². The van der Waals surface area contributed by atoms with E-state index < -0.39 is 0 Å². The van der Waals surface area contributed by atoms with Gasteiger partial charge in [-0.15, -0.1) is 11.8 Å². The molecule has 0 saturated heterocycles. The minimum Gasteiger partial charge on any atom is -0.310 e. The molecule has 1 nitrogen and oxygen atoms in total. The first-order valence-corrected chi connectivity index (χ1v) is 8.14. The van der Waals surface area contributed by atoms with Gasteiger partial charge in [-0.25, -0.2) is 0 Å². The summed E-state index contributed by atoms with van der Waals surface area (Å²) in [5, 5.41) is 4.29. The van der Waals surface area contributed by atoms with E-state index >= 15 is 0 Å². The lowest BCUT2D eigenvalue weighted by Crippen LogP contribution is -2.21. The fraction of sp³-hybridized carbons (Fsp3) is 0.600. The van der Waals surface area contributed by atoms with Crippen LogP contribution in [0.25, 0.3) is 0 Å². The highest BCUT2D eigenvalue weighted by Gasteiger charge is 2.03. The minimum absolute atomic E-state index is 0.506. The highest BCUT2D eigenvalue weighted by molar-refractivity contribution is 7.99. The van der Waals surface area contributed by atoms with Gasteiger partial charge in [0, 0.05) is 17.5 Å². The molecule has 0 saturated carbocycles. The molecule has 0 spiro atoms. The summed E-state index contributed by atoms with van der Waals surface area (Å²) in [4.78, 5) is 1.21. The maximum atomic E-state index is 6.31. The largest absolute Gasteiger partial charge is 0.310 e. The summed E-state index contributed by atoms with van der Waals surface area (Å²) in [6, 6.07) is 6.91. The molecule has 1 N–H and O–H groups in total. The van der Waals surface area contributed by atoms with Crippen molar-refractivity contribution in [1.29, 1.82) is 0 Å². The number of unbranched alkanes of at least 4 members (excludes halogenated alkanes) is 2. The number of benzene rings is 1. The average Bonchev–Trinajstić information content (AvgIpc) is 2.34. The summed E-state index contributed by atoms with van der Waals surface area (Å²) in [5.74, 6) is 1.16. The zero-order chi connectivity index (χ0) is 13.4. The molecule has 0 fully saturated rings. The highest BCUT2D eigenvalue weighted by atomic mass is 35.5. The Hall–Kier alpha value is -0.180. The van der Waals surface area contributed by atoms with Crippen molar-refractivity contribution in [3.63, 3.8) is 0 Å². The lowest BCUT2D eigenvalue weighted by Gasteiger charge is -2.10. The van der Waals surface area contributed by atoms with E-state index in [1.54, 1.807) is 0 Å². The van der Waals surface area contributed by atoms with Crippen molar-refractivity contribution in [1.82, 2.24) is 5.32 Å². The summed E-state index contributed by atoms with van der Waals surface area (Å²) < 4.78 is 0. The van der Waals surface area contributed by atoms with Gasteiger partial charge in [0.25, 0.3) is 0 Å². The van der Waals surface area contributed by atoms with E-state index in [-0.39, 0.29) is 0 Å². The predicted octanol–water partition coefficient (Wildman–Crippen LogP) is 5.12. The molecule has 0 radical (unpaired) electrons. The first kappa shape index (κ1) is 15.9. The number of thioether (sulfide) groups is 1. The quantitative estimate of drug-likeness (QED) is 0.525. The molecule has 0 bridgehead atoms. The second kappa shape index (κ2) is 8.84. The zero-order valence-electron chi connectivity index (χ0n) is 11.6. The van der Waals surface area contributed by atoms with Crippen LogP contribution in [0.5, 0.6) is 0 Å². The second-order valence-electron chi connectivity index (χ2n) is 4.86. The van der Waals surface area contributed by atoms with E-state index in [4.69, 9.17) is 11.6 Å².